The number of carbonyl (C=O) groups excluding carboxylic acids is 1. The van der Waals surface area contributed by atoms with Crippen molar-refractivity contribution in [2.45, 2.75) is 31.7 Å². The number of halogens is 2. The molecule has 2 aromatic heterocycles. The molecule has 8 nitrogen and oxygen atoms in total. The Kier molecular flexibility index (Phi) is 7.49. The van der Waals surface area contributed by atoms with E-state index < -0.39 is 5.82 Å². The minimum Gasteiger partial charge on any atom is -0.467 e. The van der Waals surface area contributed by atoms with Gasteiger partial charge in [0.25, 0.3) is 0 Å². The molecule has 10 heteroatoms. The number of ether oxygens (including phenoxy) is 1. The SMILES string of the molecule is COc1nc(N2CCN(C(=O)/C=C/C(C)N(C)C)CC2)c2cnc(-c3cccc(Cl)c3C3CC3)c(F)c2n1. The van der Waals surface area contributed by atoms with Gasteiger partial charge in [0.15, 0.2) is 5.82 Å². The standard InChI is InChI=1S/C28H32ClFN6O2/c1-17(34(2)3)8-11-22(37)35-12-14-36(15-13-35)27-20-16-31-25(24(30)26(20)32-28(33-27)38-4)19-6-5-7-21(29)23(19)18-9-10-18/h5-8,11,16-18H,9-10,12-15H2,1-4H3/b11-8+. The number of likely N-dealkylation sites (N-methyl/N-ethyl adjacent to an activating group) is 1. The van der Waals surface area contributed by atoms with Crippen LogP contribution in [-0.2, 0) is 4.79 Å². The average Bonchev–Trinajstić information content (AvgIpc) is 3.76. The van der Waals surface area contributed by atoms with E-state index in [0.717, 1.165) is 18.4 Å². The first-order chi connectivity index (χ1) is 18.3. The molecule has 1 saturated carbocycles. The van der Waals surface area contributed by atoms with Crippen molar-refractivity contribution >= 4 is 34.2 Å². The second-order valence-corrected chi connectivity index (χ2v) is 10.5. The first-order valence-electron chi connectivity index (χ1n) is 12.9. The predicted octanol–water partition coefficient (Wildman–Crippen LogP) is 4.53. The van der Waals surface area contributed by atoms with E-state index in [-0.39, 0.29) is 29.2 Å². The van der Waals surface area contributed by atoms with Gasteiger partial charge in [0.1, 0.15) is 17.0 Å². The van der Waals surface area contributed by atoms with Crippen molar-refractivity contribution in [3.8, 4) is 17.3 Å². The number of nitrogens with zero attached hydrogens (tertiary/aromatic N) is 6. The molecule has 0 spiro atoms. The fourth-order valence-corrected chi connectivity index (χ4v) is 5.04. The zero-order valence-electron chi connectivity index (χ0n) is 22.1. The van der Waals surface area contributed by atoms with Crippen molar-refractivity contribution in [1.82, 2.24) is 24.8 Å². The summed E-state index contributed by atoms with van der Waals surface area (Å²) in [6.45, 7) is 4.17. The molecule has 2 aliphatic rings. The maximum Gasteiger partial charge on any atom is 0.318 e. The molecular formula is C28H32ClFN6O2. The lowest BCUT2D eigenvalue weighted by Crippen LogP contribution is -2.48. The molecule has 1 unspecified atom stereocenters. The second-order valence-electron chi connectivity index (χ2n) is 10.1. The third-order valence-electron chi connectivity index (χ3n) is 7.34. The molecule has 2 fully saturated rings. The van der Waals surface area contributed by atoms with Gasteiger partial charge in [-0.3, -0.25) is 9.78 Å². The molecule has 1 aliphatic heterocycles. The summed E-state index contributed by atoms with van der Waals surface area (Å²) in [6.07, 6.45) is 7.23. The molecule has 0 radical (unpaired) electrons. The lowest BCUT2D eigenvalue weighted by atomic mass is 9.99. The number of anilines is 1. The summed E-state index contributed by atoms with van der Waals surface area (Å²) in [5.41, 5.74) is 2.01. The zero-order chi connectivity index (χ0) is 27.0. The molecule has 1 aliphatic carbocycles. The zero-order valence-corrected chi connectivity index (χ0v) is 22.9. The average molecular weight is 539 g/mol. The number of amides is 1. The third-order valence-corrected chi connectivity index (χ3v) is 7.67. The molecule has 200 valence electrons. The van der Waals surface area contributed by atoms with Gasteiger partial charge in [-0.25, -0.2) is 4.39 Å². The van der Waals surface area contributed by atoms with E-state index >= 15 is 4.39 Å². The van der Waals surface area contributed by atoms with E-state index in [9.17, 15) is 4.79 Å². The van der Waals surface area contributed by atoms with Gasteiger partial charge in [-0.15, -0.1) is 0 Å². The van der Waals surface area contributed by atoms with Crippen molar-refractivity contribution < 1.29 is 13.9 Å². The number of pyridine rings is 1. The summed E-state index contributed by atoms with van der Waals surface area (Å²) < 4.78 is 21.4. The van der Waals surface area contributed by atoms with Crippen molar-refractivity contribution in [2.75, 3.05) is 52.3 Å². The fourth-order valence-electron chi connectivity index (χ4n) is 4.71. The van der Waals surface area contributed by atoms with Gasteiger partial charge in [0.05, 0.1) is 12.5 Å². The van der Waals surface area contributed by atoms with Crippen molar-refractivity contribution in [1.29, 1.82) is 0 Å². The number of hydrogen-bond acceptors (Lipinski definition) is 7. The van der Waals surface area contributed by atoms with Gasteiger partial charge < -0.3 is 19.4 Å². The Morgan fingerprint density at radius 3 is 2.61 bits per heavy atom. The summed E-state index contributed by atoms with van der Waals surface area (Å²) in [5, 5.41) is 1.13. The molecule has 1 amide bonds. The Balaban J connectivity index is 1.44. The Morgan fingerprint density at radius 2 is 1.95 bits per heavy atom. The predicted molar refractivity (Wildman–Crippen MR) is 147 cm³/mol. The van der Waals surface area contributed by atoms with E-state index in [2.05, 4.69) is 15.0 Å². The molecular weight excluding hydrogens is 507 g/mol. The van der Waals surface area contributed by atoms with Crippen molar-refractivity contribution in [2.24, 2.45) is 0 Å². The summed E-state index contributed by atoms with van der Waals surface area (Å²) in [5.74, 6) is 0.324. The van der Waals surface area contributed by atoms with Crippen LogP contribution in [0.3, 0.4) is 0 Å². The van der Waals surface area contributed by atoms with Crippen LogP contribution in [0.4, 0.5) is 10.2 Å². The maximum atomic E-state index is 16.1. The maximum absolute atomic E-state index is 16.1. The van der Waals surface area contributed by atoms with Crippen LogP contribution in [0, 0.1) is 5.82 Å². The van der Waals surface area contributed by atoms with E-state index in [0.29, 0.717) is 53.9 Å². The van der Waals surface area contributed by atoms with Gasteiger partial charge in [-0.05, 0) is 51.4 Å². The van der Waals surface area contributed by atoms with E-state index in [4.69, 9.17) is 16.3 Å². The van der Waals surface area contributed by atoms with Crippen LogP contribution in [-0.4, -0.2) is 84.1 Å². The number of hydrogen-bond donors (Lipinski definition) is 0. The number of rotatable bonds is 7. The van der Waals surface area contributed by atoms with Crippen LogP contribution >= 0.6 is 11.6 Å². The summed E-state index contributed by atoms with van der Waals surface area (Å²) in [6, 6.07) is 5.76. The van der Waals surface area contributed by atoms with Crippen molar-refractivity contribution in [3.05, 3.63) is 53.0 Å². The molecule has 0 bridgehead atoms. The number of fused-ring (bicyclic) bond motifs is 1. The highest BCUT2D eigenvalue weighted by Gasteiger charge is 2.31. The van der Waals surface area contributed by atoms with Crippen LogP contribution in [0.2, 0.25) is 5.02 Å². The van der Waals surface area contributed by atoms with Crippen LogP contribution in [0.1, 0.15) is 31.2 Å². The summed E-state index contributed by atoms with van der Waals surface area (Å²) in [7, 11) is 5.41. The molecule has 1 aromatic carbocycles. The molecule has 38 heavy (non-hydrogen) atoms. The molecule has 1 atom stereocenters. The van der Waals surface area contributed by atoms with Gasteiger partial charge in [0, 0.05) is 55.1 Å². The highest BCUT2D eigenvalue weighted by atomic mass is 35.5. The Morgan fingerprint density at radius 1 is 1.21 bits per heavy atom. The first kappa shape index (κ1) is 26.3. The van der Waals surface area contributed by atoms with E-state index in [1.54, 1.807) is 12.3 Å². The van der Waals surface area contributed by atoms with Gasteiger partial charge >= 0.3 is 6.01 Å². The minimum atomic E-state index is -0.525. The number of benzene rings is 1. The quantitative estimate of drug-likeness (QED) is 0.409. The van der Waals surface area contributed by atoms with Gasteiger partial charge in [-0.1, -0.05) is 29.8 Å². The number of piperazine rings is 1. The normalized spacial score (nSPS) is 17.0. The third kappa shape index (κ3) is 5.17. The van der Waals surface area contributed by atoms with Crippen molar-refractivity contribution in [3.63, 3.8) is 0 Å². The minimum absolute atomic E-state index is 0.0196. The molecule has 3 aromatic rings. The fraction of sp³-hybridized carbons (Fsp3) is 0.429. The molecule has 5 rings (SSSR count). The lowest BCUT2D eigenvalue weighted by Gasteiger charge is -2.35. The Labute approximate surface area is 227 Å². The van der Waals surface area contributed by atoms with Crippen LogP contribution in [0.15, 0.2) is 36.5 Å². The van der Waals surface area contributed by atoms with Gasteiger partial charge in [-0.2, -0.15) is 9.97 Å². The molecule has 1 saturated heterocycles. The van der Waals surface area contributed by atoms with E-state index in [1.165, 1.54) is 7.11 Å². The monoisotopic (exact) mass is 538 g/mol. The van der Waals surface area contributed by atoms with E-state index in [1.807, 2.05) is 60.0 Å². The summed E-state index contributed by atoms with van der Waals surface area (Å²) in [4.78, 5) is 32.0. The lowest BCUT2D eigenvalue weighted by molar-refractivity contribution is -0.126. The highest BCUT2D eigenvalue weighted by molar-refractivity contribution is 6.32. The first-order valence-corrected chi connectivity index (χ1v) is 13.2. The molecule has 0 N–H and O–H groups in total. The Hall–Kier alpha value is -3.30. The Bertz CT molecular complexity index is 1390. The second kappa shape index (κ2) is 10.8. The highest BCUT2D eigenvalue weighted by Crippen LogP contribution is 2.48. The number of carbonyl (C=O) groups is 1. The molecule has 3 heterocycles. The summed E-state index contributed by atoms with van der Waals surface area (Å²) >= 11 is 6.51. The number of aromatic nitrogens is 3. The van der Waals surface area contributed by atoms with Crippen LogP contribution < -0.4 is 9.64 Å². The topological polar surface area (TPSA) is 74.7 Å². The van der Waals surface area contributed by atoms with Gasteiger partial charge in [0.2, 0.25) is 5.91 Å². The van der Waals surface area contributed by atoms with Crippen LogP contribution in [0.25, 0.3) is 22.2 Å². The van der Waals surface area contributed by atoms with Crippen LogP contribution in [0.5, 0.6) is 6.01 Å². The smallest absolute Gasteiger partial charge is 0.318 e. The number of methoxy groups -OCH3 is 1. The largest absolute Gasteiger partial charge is 0.467 e.